The lowest BCUT2D eigenvalue weighted by Crippen LogP contribution is -2.47. The number of carbonyl (C=O) groups excluding carboxylic acids is 2. The Hall–Kier alpha value is -1.10. The minimum absolute atomic E-state index is 0.0762. The van der Waals surface area contributed by atoms with Crippen LogP contribution in [0.15, 0.2) is 0 Å². The highest BCUT2D eigenvalue weighted by atomic mass is 16.2. The smallest absolute Gasteiger partial charge is 0.224 e. The van der Waals surface area contributed by atoms with Gasteiger partial charge in [-0.2, -0.15) is 0 Å². The first-order valence-corrected chi connectivity index (χ1v) is 7.76. The molecule has 0 aromatic carbocycles. The summed E-state index contributed by atoms with van der Waals surface area (Å²) in [6, 6.07) is 0. The molecule has 1 aliphatic heterocycles. The summed E-state index contributed by atoms with van der Waals surface area (Å²) in [5.41, 5.74) is 0. The SMILES string of the molecule is CCCCCN(CCC(=O)N1CCN(C)CC1)C(C)=O. The summed E-state index contributed by atoms with van der Waals surface area (Å²) >= 11 is 0. The van der Waals surface area contributed by atoms with Crippen molar-refractivity contribution in [2.45, 2.75) is 39.5 Å². The van der Waals surface area contributed by atoms with Gasteiger partial charge < -0.3 is 14.7 Å². The Morgan fingerprint density at radius 2 is 1.70 bits per heavy atom. The highest BCUT2D eigenvalue weighted by Crippen LogP contribution is 2.05. The molecule has 0 aliphatic carbocycles. The van der Waals surface area contributed by atoms with Crippen LogP contribution in [0.25, 0.3) is 0 Å². The lowest BCUT2D eigenvalue weighted by atomic mass is 10.2. The average molecular weight is 283 g/mol. The van der Waals surface area contributed by atoms with Crippen LogP contribution >= 0.6 is 0 Å². The number of hydrogen-bond donors (Lipinski definition) is 0. The van der Waals surface area contributed by atoms with Crippen LogP contribution in [0.4, 0.5) is 0 Å². The van der Waals surface area contributed by atoms with E-state index in [9.17, 15) is 9.59 Å². The summed E-state index contributed by atoms with van der Waals surface area (Å²) < 4.78 is 0. The van der Waals surface area contributed by atoms with Gasteiger partial charge in [0.2, 0.25) is 11.8 Å². The monoisotopic (exact) mass is 283 g/mol. The number of piperazine rings is 1. The number of rotatable bonds is 7. The van der Waals surface area contributed by atoms with E-state index in [-0.39, 0.29) is 11.8 Å². The zero-order chi connectivity index (χ0) is 15.0. The lowest BCUT2D eigenvalue weighted by molar-refractivity contribution is -0.134. The van der Waals surface area contributed by atoms with Gasteiger partial charge in [0.1, 0.15) is 0 Å². The minimum atomic E-state index is 0.0762. The van der Waals surface area contributed by atoms with Crippen molar-refractivity contribution >= 4 is 11.8 Å². The number of carbonyl (C=O) groups is 2. The first kappa shape index (κ1) is 17.0. The van der Waals surface area contributed by atoms with E-state index in [0.29, 0.717) is 13.0 Å². The van der Waals surface area contributed by atoms with Crippen molar-refractivity contribution in [3.05, 3.63) is 0 Å². The van der Waals surface area contributed by atoms with Crippen LogP contribution in [-0.4, -0.2) is 72.8 Å². The van der Waals surface area contributed by atoms with E-state index in [0.717, 1.165) is 52.0 Å². The second kappa shape index (κ2) is 8.95. The summed E-state index contributed by atoms with van der Waals surface area (Å²) in [7, 11) is 2.08. The van der Waals surface area contributed by atoms with Gasteiger partial charge in [-0.15, -0.1) is 0 Å². The number of nitrogens with zero attached hydrogens (tertiary/aromatic N) is 3. The minimum Gasteiger partial charge on any atom is -0.342 e. The van der Waals surface area contributed by atoms with Gasteiger partial charge in [0.15, 0.2) is 0 Å². The summed E-state index contributed by atoms with van der Waals surface area (Å²) in [6.07, 6.45) is 3.76. The second-order valence-corrected chi connectivity index (χ2v) is 5.65. The molecule has 1 rings (SSSR count). The molecule has 116 valence electrons. The van der Waals surface area contributed by atoms with Gasteiger partial charge in [0.05, 0.1) is 0 Å². The van der Waals surface area contributed by atoms with Gasteiger partial charge in [-0.05, 0) is 13.5 Å². The molecule has 0 unspecified atom stereocenters. The van der Waals surface area contributed by atoms with E-state index in [1.807, 2.05) is 9.80 Å². The van der Waals surface area contributed by atoms with Crippen molar-refractivity contribution in [3.63, 3.8) is 0 Å². The van der Waals surface area contributed by atoms with Crippen LogP contribution in [0, 0.1) is 0 Å². The maximum atomic E-state index is 12.1. The number of hydrogen-bond acceptors (Lipinski definition) is 3. The fraction of sp³-hybridized carbons (Fsp3) is 0.867. The summed E-state index contributed by atoms with van der Waals surface area (Å²) in [5.74, 6) is 0.257. The number of likely N-dealkylation sites (N-methyl/N-ethyl adjacent to an activating group) is 1. The Bertz CT molecular complexity index is 312. The van der Waals surface area contributed by atoms with Crippen LogP contribution in [0.1, 0.15) is 39.5 Å². The molecular formula is C15H29N3O2. The van der Waals surface area contributed by atoms with Crippen LogP contribution in [0.3, 0.4) is 0 Å². The first-order valence-electron chi connectivity index (χ1n) is 7.76. The molecule has 0 N–H and O–H groups in total. The van der Waals surface area contributed by atoms with Crippen LogP contribution < -0.4 is 0 Å². The van der Waals surface area contributed by atoms with Crippen molar-refractivity contribution in [2.24, 2.45) is 0 Å². The fourth-order valence-electron chi connectivity index (χ4n) is 2.42. The highest BCUT2D eigenvalue weighted by molar-refractivity contribution is 5.78. The van der Waals surface area contributed by atoms with Crippen molar-refractivity contribution < 1.29 is 9.59 Å². The third kappa shape index (κ3) is 5.90. The van der Waals surface area contributed by atoms with Gasteiger partial charge in [-0.25, -0.2) is 0 Å². The molecule has 1 aliphatic rings. The molecule has 0 aromatic rings. The molecule has 0 bridgehead atoms. The molecule has 0 aromatic heterocycles. The van der Waals surface area contributed by atoms with E-state index in [1.165, 1.54) is 0 Å². The summed E-state index contributed by atoms with van der Waals surface area (Å²) in [6.45, 7) is 8.58. The van der Waals surface area contributed by atoms with E-state index in [4.69, 9.17) is 0 Å². The maximum absolute atomic E-state index is 12.1. The van der Waals surface area contributed by atoms with Gasteiger partial charge >= 0.3 is 0 Å². The topological polar surface area (TPSA) is 43.9 Å². The molecule has 1 heterocycles. The highest BCUT2D eigenvalue weighted by Gasteiger charge is 2.19. The van der Waals surface area contributed by atoms with E-state index >= 15 is 0 Å². The molecule has 1 saturated heterocycles. The largest absolute Gasteiger partial charge is 0.342 e. The molecule has 0 radical (unpaired) electrons. The third-order valence-corrected chi connectivity index (χ3v) is 3.93. The summed E-state index contributed by atoms with van der Waals surface area (Å²) in [5, 5.41) is 0. The Labute approximate surface area is 122 Å². The number of amides is 2. The quantitative estimate of drug-likeness (QED) is 0.659. The van der Waals surface area contributed by atoms with Gasteiger partial charge in [0, 0.05) is 52.6 Å². The van der Waals surface area contributed by atoms with Crippen molar-refractivity contribution in [1.29, 1.82) is 0 Å². The van der Waals surface area contributed by atoms with E-state index < -0.39 is 0 Å². The molecule has 1 fully saturated rings. The van der Waals surface area contributed by atoms with Crippen molar-refractivity contribution in [3.8, 4) is 0 Å². The molecule has 20 heavy (non-hydrogen) atoms. The maximum Gasteiger partial charge on any atom is 0.224 e. The lowest BCUT2D eigenvalue weighted by Gasteiger charge is -2.33. The molecule has 0 atom stereocenters. The van der Waals surface area contributed by atoms with Crippen LogP contribution in [0.5, 0.6) is 0 Å². The molecule has 0 spiro atoms. The normalized spacial score (nSPS) is 16.2. The van der Waals surface area contributed by atoms with E-state index in [2.05, 4.69) is 18.9 Å². The average Bonchev–Trinajstić information content (AvgIpc) is 2.42. The van der Waals surface area contributed by atoms with Gasteiger partial charge in [-0.3, -0.25) is 9.59 Å². The van der Waals surface area contributed by atoms with Crippen LogP contribution in [-0.2, 0) is 9.59 Å². The standard InChI is InChI=1S/C15H29N3O2/c1-4-5-6-8-17(14(2)19)9-7-15(20)18-12-10-16(3)11-13-18/h4-13H2,1-3H3. The Morgan fingerprint density at radius 1 is 1.05 bits per heavy atom. The Morgan fingerprint density at radius 3 is 2.25 bits per heavy atom. The molecule has 2 amide bonds. The zero-order valence-electron chi connectivity index (χ0n) is 13.2. The predicted octanol–water partition coefficient (Wildman–Crippen LogP) is 1.19. The molecular weight excluding hydrogens is 254 g/mol. The summed E-state index contributed by atoms with van der Waals surface area (Å²) in [4.78, 5) is 29.7. The molecule has 5 nitrogen and oxygen atoms in total. The van der Waals surface area contributed by atoms with E-state index in [1.54, 1.807) is 6.92 Å². The Balaban J connectivity index is 2.31. The van der Waals surface area contributed by atoms with Crippen molar-refractivity contribution in [2.75, 3.05) is 46.3 Å². The van der Waals surface area contributed by atoms with Crippen LogP contribution in [0.2, 0.25) is 0 Å². The first-order chi connectivity index (χ1) is 9.54. The molecule has 0 saturated carbocycles. The number of unbranched alkanes of at least 4 members (excludes halogenated alkanes) is 2. The zero-order valence-corrected chi connectivity index (χ0v) is 13.2. The second-order valence-electron chi connectivity index (χ2n) is 5.65. The fourth-order valence-corrected chi connectivity index (χ4v) is 2.42. The van der Waals surface area contributed by atoms with Gasteiger partial charge in [0.25, 0.3) is 0 Å². The predicted molar refractivity (Wildman–Crippen MR) is 80.5 cm³/mol. The van der Waals surface area contributed by atoms with Gasteiger partial charge in [-0.1, -0.05) is 19.8 Å². The third-order valence-electron chi connectivity index (χ3n) is 3.93. The Kier molecular flexibility index (Phi) is 7.59. The van der Waals surface area contributed by atoms with Crippen molar-refractivity contribution in [1.82, 2.24) is 14.7 Å². The molecule has 5 heteroatoms.